The van der Waals surface area contributed by atoms with Gasteiger partial charge in [-0.1, -0.05) is 13.8 Å². The van der Waals surface area contributed by atoms with E-state index in [2.05, 4.69) is 15.5 Å². The van der Waals surface area contributed by atoms with Crippen molar-refractivity contribution in [1.82, 2.24) is 20.2 Å². The summed E-state index contributed by atoms with van der Waals surface area (Å²) in [6, 6.07) is 0. The fourth-order valence-electron chi connectivity index (χ4n) is 0.881. The summed E-state index contributed by atoms with van der Waals surface area (Å²) in [5, 5.41) is 21.0. The normalized spacial score (nSPS) is 16.2. The van der Waals surface area contributed by atoms with Gasteiger partial charge in [0.25, 0.3) is 0 Å². The number of aromatic nitrogens is 4. The molecule has 1 rings (SSSR count). The summed E-state index contributed by atoms with van der Waals surface area (Å²) < 4.78 is 1.61. The van der Waals surface area contributed by atoms with Crippen LogP contribution in [0.15, 0.2) is 0 Å². The highest BCUT2D eigenvalue weighted by Gasteiger charge is 2.26. The molecule has 0 radical (unpaired) electrons. The van der Waals surface area contributed by atoms with E-state index in [4.69, 9.17) is 0 Å². The van der Waals surface area contributed by atoms with Gasteiger partial charge in [-0.25, -0.2) is 4.68 Å². The van der Waals surface area contributed by atoms with Crippen molar-refractivity contribution in [2.75, 3.05) is 0 Å². The van der Waals surface area contributed by atoms with Crippen molar-refractivity contribution in [3.05, 3.63) is 5.82 Å². The van der Waals surface area contributed by atoms with Gasteiger partial charge < -0.3 is 5.11 Å². The highest BCUT2D eigenvalue weighted by Crippen LogP contribution is 2.17. The first-order valence-electron chi connectivity index (χ1n) is 4.38. The third kappa shape index (κ3) is 2.24. The van der Waals surface area contributed by atoms with Crippen LogP contribution in [-0.4, -0.2) is 30.9 Å². The summed E-state index contributed by atoms with van der Waals surface area (Å²) in [7, 11) is 0. The number of hydrogen-bond donors (Lipinski definition) is 1. The quantitative estimate of drug-likeness (QED) is 0.738. The second-order valence-electron chi connectivity index (χ2n) is 3.90. The Morgan fingerprint density at radius 2 is 2.15 bits per heavy atom. The molecular weight excluding hydrogens is 168 g/mol. The lowest BCUT2D eigenvalue weighted by molar-refractivity contribution is -0.00666. The molecule has 0 saturated heterocycles. The molecule has 0 aromatic carbocycles. The first kappa shape index (κ1) is 10.1. The lowest BCUT2D eigenvalue weighted by Gasteiger charge is -2.27. The molecule has 1 heterocycles. The van der Waals surface area contributed by atoms with Crippen LogP contribution in [-0.2, 0) is 6.54 Å². The third-order valence-corrected chi connectivity index (χ3v) is 2.42. The molecule has 0 saturated carbocycles. The van der Waals surface area contributed by atoms with Gasteiger partial charge in [0.2, 0.25) is 0 Å². The molecular formula is C8H16N4O. The number of rotatable bonds is 3. The SMILES string of the molecule is Cc1nnnn1CC(C)(O)C(C)C. The van der Waals surface area contributed by atoms with E-state index in [9.17, 15) is 5.11 Å². The maximum Gasteiger partial charge on any atom is 0.148 e. The fraction of sp³-hybridized carbons (Fsp3) is 0.875. The molecule has 5 heteroatoms. The van der Waals surface area contributed by atoms with Crippen molar-refractivity contribution in [2.45, 2.75) is 39.8 Å². The first-order valence-corrected chi connectivity index (χ1v) is 4.38. The highest BCUT2D eigenvalue weighted by molar-refractivity contribution is 4.81. The van der Waals surface area contributed by atoms with Gasteiger partial charge in [-0.3, -0.25) is 0 Å². The monoisotopic (exact) mass is 184 g/mol. The number of tetrazole rings is 1. The van der Waals surface area contributed by atoms with Crippen LogP contribution in [0.1, 0.15) is 26.6 Å². The van der Waals surface area contributed by atoms with Gasteiger partial charge in [-0.2, -0.15) is 0 Å². The minimum absolute atomic E-state index is 0.177. The van der Waals surface area contributed by atoms with Gasteiger partial charge in [0.1, 0.15) is 5.82 Å². The van der Waals surface area contributed by atoms with Crippen molar-refractivity contribution >= 4 is 0 Å². The lowest BCUT2D eigenvalue weighted by Crippen LogP contribution is -2.36. The Morgan fingerprint density at radius 3 is 2.54 bits per heavy atom. The molecule has 13 heavy (non-hydrogen) atoms. The van der Waals surface area contributed by atoms with E-state index in [-0.39, 0.29) is 5.92 Å². The van der Waals surface area contributed by atoms with Gasteiger partial charge in [0, 0.05) is 0 Å². The molecule has 0 aliphatic carbocycles. The Balaban J connectivity index is 2.74. The first-order chi connectivity index (χ1) is 5.93. The third-order valence-electron chi connectivity index (χ3n) is 2.42. The second kappa shape index (κ2) is 3.41. The van der Waals surface area contributed by atoms with Crippen molar-refractivity contribution < 1.29 is 5.11 Å². The van der Waals surface area contributed by atoms with Crippen molar-refractivity contribution in [3.8, 4) is 0 Å². The van der Waals surface area contributed by atoms with Gasteiger partial charge in [0.05, 0.1) is 12.1 Å². The minimum Gasteiger partial charge on any atom is -0.388 e. The number of nitrogens with zero attached hydrogens (tertiary/aromatic N) is 4. The summed E-state index contributed by atoms with van der Waals surface area (Å²) in [5.41, 5.74) is -0.764. The molecule has 0 fully saturated rings. The number of aryl methyl sites for hydroxylation is 1. The molecule has 1 N–H and O–H groups in total. The van der Waals surface area contributed by atoms with Crippen LogP contribution in [0.3, 0.4) is 0 Å². The topological polar surface area (TPSA) is 63.8 Å². The summed E-state index contributed by atoms with van der Waals surface area (Å²) in [4.78, 5) is 0. The molecule has 1 aromatic rings. The summed E-state index contributed by atoms with van der Waals surface area (Å²) in [6.07, 6.45) is 0. The van der Waals surface area contributed by atoms with Crippen LogP contribution >= 0.6 is 0 Å². The van der Waals surface area contributed by atoms with Crippen LogP contribution in [0.4, 0.5) is 0 Å². The Bertz CT molecular complexity index is 279. The number of aliphatic hydroxyl groups is 1. The maximum atomic E-state index is 9.97. The van der Waals surface area contributed by atoms with E-state index >= 15 is 0 Å². The molecule has 0 spiro atoms. The van der Waals surface area contributed by atoms with Gasteiger partial charge in [0.15, 0.2) is 0 Å². The molecule has 1 aromatic heterocycles. The van der Waals surface area contributed by atoms with Crippen LogP contribution < -0.4 is 0 Å². The van der Waals surface area contributed by atoms with Crippen molar-refractivity contribution in [3.63, 3.8) is 0 Å². The molecule has 0 bridgehead atoms. The zero-order chi connectivity index (χ0) is 10.1. The molecule has 1 atom stereocenters. The van der Waals surface area contributed by atoms with E-state index in [1.165, 1.54) is 0 Å². The molecule has 74 valence electrons. The molecule has 5 nitrogen and oxygen atoms in total. The number of hydrogen-bond acceptors (Lipinski definition) is 4. The maximum absolute atomic E-state index is 9.97. The zero-order valence-corrected chi connectivity index (χ0v) is 8.52. The zero-order valence-electron chi connectivity index (χ0n) is 8.52. The van der Waals surface area contributed by atoms with E-state index in [1.54, 1.807) is 11.6 Å². The Labute approximate surface area is 77.8 Å². The van der Waals surface area contributed by atoms with Gasteiger partial charge in [-0.05, 0) is 30.2 Å². The summed E-state index contributed by atoms with van der Waals surface area (Å²) in [6.45, 7) is 7.98. The predicted octanol–water partition coefficient (Wildman–Crippen LogP) is 0.389. The standard InChI is InChI=1S/C8H16N4O/c1-6(2)8(4,13)5-12-7(3)9-10-11-12/h6,13H,5H2,1-4H3. The lowest BCUT2D eigenvalue weighted by atomic mass is 9.93. The van der Waals surface area contributed by atoms with E-state index in [1.807, 2.05) is 20.8 Å². The predicted molar refractivity (Wildman–Crippen MR) is 48.0 cm³/mol. The average molecular weight is 184 g/mol. The van der Waals surface area contributed by atoms with Crippen LogP contribution in [0.5, 0.6) is 0 Å². The van der Waals surface area contributed by atoms with E-state index in [0.717, 1.165) is 5.82 Å². The van der Waals surface area contributed by atoms with Gasteiger partial charge in [-0.15, -0.1) is 5.10 Å². The minimum atomic E-state index is -0.764. The molecule has 0 aliphatic heterocycles. The van der Waals surface area contributed by atoms with Crippen LogP contribution in [0.25, 0.3) is 0 Å². The summed E-state index contributed by atoms with van der Waals surface area (Å²) in [5.74, 6) is 0.900. The molecule has 0 aliphatic rings. The Morgan fingerprint density at radius 1 is 1.54 bits per heavy atom. The van der Waals surface area contributed by atoms with Gasteiger partial charge >= 0.3 is 0 Å². The Hall–Kier alpha value is -0.970. The fourth-order valence-corrected chi connectivity index (χ4v) is 0.881. The summed E-state index contributed by atoms with van der Waals surface area (Å²) >= 11 is 0. The Kier molecular flexibility index (Phi) is 2.66. The van der Waals surface area contributed by atoms with Crippen molar-refractivity contribution in [1.29, 1.82) is 0 Å². The molecule has 0 amide bonds. The smallest absolute Gasteiger partial charge is 0.148 e. The van der Waals surface area contributed by atoms with Crippen LogP contribution in [0, 0.1) is 12.8 Å². The van der Waals surface area contributed by atoms with E-state index in [0.29, 0.717) is 6.54 Å². The van der Waals surface area contributed by atoms with E-state index < -0.39 is 5.60 Å². The second-order valence-corrected chi connectivity index (χ2v) is 3.90. The average Bonchev–Trinajstić information content (AvgIpc) is 2.35. The highest BCUT2D eigenvalue weighted by atomic mass is 16.3. The van der Waals surface area contributed by atoms with Crippen molar-refractivity contribution in [2.24, 2.45) is 5.92 Å². The molecule has 1 unspecified atom stereocenters. The largest absolute Gasteiger partial charge is 0.388 e. The van der Waals surface area contributed by atoms with Crippen LogP contribution in [0.2, 0.25) is 0 Å².